The normalized spacial score (nSPS) is 14.9. The Morgan fingerprint density at radius 3 is 2.88 bits per heavy atom. The second-order valence-corrected chi connectivity index (χ2v) is 4.51. The lowest BCUT2D eigenvalue weighted by atomic mass is 10.1. The third-order valence-electron chi connectivity index (χ3n) is 2.90. The minimum Gasteiger partial charge on any atom is -0.490 e. The zero-order valence-corrected chi connectivity index (χ0v) is 9.63. The molecule has 0 aromatic heterocycles. The molecular weight excluding hydrogens is 203 g/mol. The summed E-state index contributed by atoms with van der Waals surface area (Å²) in [5, 5.41) is 0. The van der Waals surface area contributed by atoms with Crippen molar-refractivity contribution in [2.24, 2.45) is 5.92 Å². The van der Waals surface area contributed by atoms with Gasteiger partial charge in [-0.2, -0.15) is 0 Å². The van der Waals surface area contributed by atoms with Crippen LogP contribution in [0.3, 0.4) is 0 Å². The molecule has 0 radical (unpaired) electrons. The van der Waals surface area contributed by atoms with Crippen LogP contribution in [0.2, 0.25) is 0 Å². The van der Waals surface area contributed by atoms with E-state index in [9.17, 15) is 4.39 Å². The molecule has 0 unspecified atom stereocenters. The Morgan fingerprint density at radius 2 is 2.25 bits per heavy atom. The van der Waals surface area contributed by atoms with Gasteiger partial charge in [0.15, 0.2) is 11.6 Å². The summed E-state index contributed by atoms with van der Waals surface area (Å²) in [6.07, 6.45) is 3.64. The van der Waals surface area contributed by atoms with E-state index in [0.717, 1.165) is 23.5 Å². The Hall–Kier alpha value is -1.31. The van der Waals surface area contributed by atoms with Gasteiger partial charge in [0, 0.05) is 0 Å². The highest BCUT2D eigenvalue weighted by molar-refractivity contribution is 5.62. The molecule has 0 heterocycles. The molecule has 2 rings (SSSR count). The molecule has 0 amide bonds. The molecule has 0 saturated heterocycles. The molecule has 1 aromatic carbocycles. The van der Waals surface area contributed by atoms with Crippen LogP contribution in [0.1, 0.15) is 31.7 Å². The first-order chi connectivity index (χ1) is 7.66. The van der Waals surface area contributed by atoms with E-state index in [1.807, 2.05) is 6.92 Å². The van der Waals surface area contributed by atoms with Crippen molar-refractivity contribution in [1.29, 1.82) is 0 Å². The van der Waals surface area contributed by atoms with E-state index in [2.05, 4.69) is 6.58 Å². The largest absolute Gasteiger partial charge is 0.490 e. The summed E-state index contributed by atoms with van der Waals surface area (Å²) in [5.74, 6) is 0.870. The maximum Gasteiger partial charge on any atom is 0.165 e. The molecule has 1 nitrogen and oxygen atoms in total. The molecule has 1 fully saturated rings. The van der Waals surface area contributed by atoms with Crippen molar-refractivity contribution in [3.05, 3.63) is 36.2 Å². The third kappa shape index (κ3) is 2.84. The van der Waals surface area contributed by atoms with Crippen LogP contribution in [0.15, 0.2) is 24.8 Å². The molecular formula is C14H17FO. The topological polar surface area (TPSA) is 9.23 Å². The zero-order chi connectivity index (χ0) is 11.5. The van der Waals surface area contributed by atoms with Crippen molar-refractivity contribution in [2.75, 3.05) is 6.61 Å². The van der Waals surface area contributed by atoms with Gasteiger partial charge in [0.1, 0.15) is 0 Å². The molecule has 0 N–H and O–H groups in total. The van der Waals surface area contributed by atoms with Gasteiger partial charge < -0.3 is 4.74 Å². The lowest BCUT2D eigenvalue weighted by Gasteiger charge is -2.08. The first-order valence-electron chi connectivity index (χ1n) is 5.75. The summed E-state index contributed by atoms with van der Waals surface area (Å²) in [6, 6.07) is 4.90. The lowest BCUT2D eigenvalue weighted by Crippen LogP contribution is -2.00. The molecule has 86 valence electrons. The monoisotopic (exact) mass is 220 g/mol. The van der Waals surface area contributed by atoms with Crippen LogP contribution in [0.25, 0.3) is 5.57 Å². The van der Waals surface area contributed by atoms with Crippen LogP contribution < -0.4 is 4.74 Å². The fourth-order valence-electron chi connectivity index (χ4n) is 1.62. The lowest BCUT2D eigenvalue weighted by molar-refractivity contribution is 0.288. The minimum absolute atomic E-state index is 0.291. The van der Waals surface area contributed by atoms with E-state index in [1.165, 1.54) is 18.9 Å². The fraction of sp³-hybridized carbons (Fsp3) is 0.429. The molecule has 1 aliphatic carbocycles. The standard InChI is InChI=1S/C14H17FO/c1-10(2)12-5-6-13(15)14(9-12)16-8-7-11-3-4-11/h5-6,9,11H,1,3-4,7-8H2,2H3. The second-order valence-electron chi connectivity index (χ2n) is 4.51. The van der Waals surface area contributed by atoms with E-state index in [1.54, 1.807) is 12.1 Å². The Kier molecular flexibility index (Phi) is 3.28. The summed E-state index contributed by atoms with van der Waals surface area (Å²) >= 11 is 0. The Morgan fingerprint density at radius 1 is 1.50 bits per heavy atom. The molecule has 0 atom stereocenters. The molecule has 0 bridgehead atoms. The number of hydrogen-bond donors (Lipinski definition) is 0. The highest BCUT2D eigenvalue weighted by atomic mass is 19.1. The molecule has 0 aliphatic heterocycles. The Bertz CT molecular complexity index is 394. The van der Waals surface area contributed by atoms with E-state index in [4.69, 9.17) is 4.74 Å². The quantitative estimate of drug-likeness (QED) is 0.727. The summed E-state index contributed by atoms with van der Waals surface area (Å²) in [6.45, 7) is 6.35. The van der Waals surface area contributed by atoms with Crippen LogP contribution in [-0.2, 0) is 0 Å². The van der Waals surface area contributed by atoms with E-state index >= 15 is 0 Å². The van der Waals surface area contributed by atoms with E-state index in [-0.39, 0.29) is 5.82 Å². The number of allylic oxidation sites excluding steroid dienone is 1. The molecule has 2 heteroatoms. The minimum atomic E-state index is -0.291. The first kappa shape index (κ1) is 11.2. The first-order valence-corrected chi connectivity index (χ1v) is 5.75. The maximum atomic E-state index is 13.4. The summed E-state index contributed by atoms with van der Waals surface area (Å²) < 4.78 is 18.9. The Labute approximate surface area is 95.9 Å². The van der Waals surface area contributed by atoms with Gasteiger partial charge in [-0.05, 0) is 37.0 Å². The molecule has 16 heavy (non-hydrogen) atoms. The number of hydrogen-bond acceptors (Lipinski definition) is 1. The highest BCUT2D eigenvalue weighted by Gasteiger charge is 2.20. The average Bonchev–Trinajstić information content (AvgIpc) is 3.04. The van der Waals surface area contributed by atoms with E-state index in [0.29, 0.717) is 12.4 Å². The van der Waals surface area contributed by atoms with Crippen LogP contribution in [0.5, 0.6) is 5.75 Å². The zero-order valence-electron chi connectivity index (χ0n) is 9.63. The predicted octanol–water partition coefficient (Wildman–Crippen LogP) is 4.04. The van der Waals surface area contributed by atoms with Crippen LogP contribution >= 0.6 is 0 Å². The van der Waals surface area contributed by atoms with Gasteiger partial charge in [-0.3, -0.25) is 0 Å². The van der Waals surface area contributed by atoms with Gasteiger partial charge in [0.2, 0.25) is 0 Å². The SMILES string of the molecule is C=C(C)c1ccc(F)c(OCCC2CC2)c1. The highest BCUT2D eigenvalue weighted by Crippen LogP contribution is 2.32. The van der Waals surface area contributed by atoms with Gasteiger partial charge in [-0.25, -0.2) is 4.39 Å². The van der Waals surface area contributed by atoms with Crippen molar-refractivity contribution in [1.82, 2.24) is 0 Å². The van der Waals surface area contributed by atoms with Crippen LogP contribution in [0, 0.1) is 11.7 Å². The number of ether oxygens (including phenoxy) is 1. The second kappa shape index (κ2) is 4.69. The van der Waals surface area contributed by atoms with Gasteiger partial charge in [0.25, 0.3) is 0 Å². The molecule has 0 spiro atoms. The van der Waals surface area contributed by atoms with Crippen molar-refractivity contribution >= 4 is 5.57 Å². The van der Waals surface area contributed by atoms with Crippen molar-refractivity contribution in [3.8, 4) is 5.75 Å². The predicted molar refractivity (Wildman–Crippen MR) is 63.9 cm³/mol. The Balaban J connectivity index is 1.99. The fourth-order valence-corrected chi connectivity index (χ4v) is 1.62. The van der Waals surface area contributed by atoms with Gasteiger partial charge in [0.05, 0.1) is 6.61 Å². The molecule has 1 aliphatic rings. The van der Waals surface area contributed by atoms with Crippen molar-refractivity contribution in [2.45, 2.75) is 26.2 Å². The van der Waals surface area contributed by atoms with Crippen molar-refractivity contribution in [3.63, 3.8) is 0 Å². The number of rotatable bonds is 5. The molecule has 1 aromatic rings. The van der Waals surface area contributed by atoms with Crippen LogP contribution in [-0.4, -0.2) is 6.61 Å². The van der Waals surface area contributed by atoms with Gasteiger partial charge in [-0.1, -0.05) is 31.1 Å². The summed E-state index contributed by atoms with van der Waals surface area (Å²) in [5.41, 5.74) is 1.86. The average molecular weight is 220 g/mol. The number of benzene rings is 1. The van der Waals surface area contributed by atoms with Gasteiger partial charge >= 0.3 is 0 Å². The summed E-state index contributed by atoms with van der Waals surface area (Å²) in [4.78, 5) is 0. The third-order valence-corrected chi connectivity index (χ3v) is 2.90. The van der Waals surface area contributed by atoms with Gasteiger partial charge in [-0.15, -0.1) is 0 Å². The molecule has 1 saturated carbocycles. The van der Waals surface area contributed by atoms with Crippen molar-refractivity contribution < 1.29 is 9.13 Å². The van der Waals surface area contributed by atoms with E-state index < -0.39 is 0 Å². The summed E-state index contributed by atoms with van der Waals surface area (Å²) in [7, 11) is 0. The number of halogens is 1. The smallest absolute Gasteiger partial charge is 0.165 e. The van der Waals surface area contributed by atoms with Crippen LogP contribution in [0.4, 0.5) is 4.39 Å². The maximum absolute atomic E-state index is 13.4.